The zero-order chi connectivity index (χ0) is 34.9. The Morgan fingerprint density at radius 3 is 2.39 bits per heavy atom. The van der Waals surface area contributed by atoms with Crippen LogP contribution in [-0.2, 0) is 34.3 Å². The monoisotopic (exact) mass is 706 g/mol. The average Bonchev–Trinajstić information content (AvgIpc) is 3.85. The van der Waals surface area contributed by atoms with Crippen molar-refractivity contribution in [3.8, 4) is 11.5 Å². The van der Waals surface area contributed by atoms with Gasteiger partial charge in [0.15, 0.2) is 11.5 Å². The molecule has 0 N–H and O–H groups in total. The fraction of sp³-hybridized carbons (Fsp3) is 0.278. The maximum absolute atomic E-state index is 14.8. The summed E-state index contributed by atoms with van der Waals surface area (Å²) >= 11 is 6.44. The Morgan fingerprint density at radius 1 is 0.959 bits per heavy atom. The minimum Gasteiger partial charge on any atom is -0.467 e. The molecule has 1 aliphatic heterocycles. The number of nitrogens with zero attached hydrogens (tertiary/aromatic N) is 2. The highest BCUT2D eigenvalue weighted by Crippen LogP contribution is 2.42. The first-order valence-electron chi connectivity index (χ1n) is 15.8. The van der Waals surface area contributed by atoms with Crippen LogP contribution in [0.15, 0.2) is 80.7 Å². The number of furan rings is 2. The quantitative estimate of drug-likeness (QED) is 0.121. The molecule has 0 radical (unpaired) electrons. The van der Waals surface area contributed by atoms with Crippen LogP contribution in [-0.4, -0.2) is 45.1 Å². The molecule has 13 heteroatoms. The van der Waals surface area contributed by atoms with Gasteiger partial charge in [-0.1, -0.05) is 30.7 Å². The number of ether oxygens (including phenoxy) is 3. The van der Waals surface area contributed by atoms with Gasteiger partial charge in [0.2, 0.25) is 12.6 Å². The molecule has 1 aliphatic rings. The Hall–Kier alpha value is -4.94. The summed E-state index contributed by atoms with van der Waals surface area (Å²) in [5, 5.41) is 0.826. The number of anilines is 1. The number of fused-ring (bicyclic) bond motifs is 2. The summed E-state index contributed by atoms with van der Waals surface area (Å²) in [6.07, 6.45) is 1.85. The highest BCUT2D eigenvalue weighted by molar-refractivity contribution is 7.93. The maximum atomic E-state index is 14.8. The second kappa shape index (κ2) is 13.9. The molecule has 0 saturated heterocycles. The van der Waals surface area contributed by atoms with Gasteiger partial charge in [-0.2, -0.15) is 0 Å². The van der Waals surface area contributed by atoms with Crippen molar-refractivity contribution in [1.82, 2.24) is 4.90 Å². The lowest BCUT2D eigenvalue weighted by molar-refractivity contribution is 0.0491. The van der Waals surface area contributed by atoms with Crippen molar-refractivity contribution < 1.29 is 41.1 Å². The van der Waals surface area contributed by atoms with Gasteiger partial charge in [0.05, 0.1) is 40.6 Å². The lowest BCUT2D eigenvalue weighted by Gasteiger charge is -2.29. The van der Waals surface area contributed by atoms with Gasteiger partial charge in [-0.25, -0.2) is 13.2 Å². The first-order chi connectivity index (χ1) is 23.6. The molecule has 3 heterocycles. The number of benzene rings is 3. The molecule has 0 saturated carbocycles. The fourth-order valence-electron chi connectivity index (χ4n) is 6.11. The van der Waals surface area contributed by atoms with E-state index in [4.69, 9.17) is 34.6 Å². The molecular formula is C36H35ClN2O9S. The summed E-state index contributed by atoms with van der Waals surface area (Å²) in [6.45, 7) is 7.23. The van der Waals surface area contributed by atoms with Crippen molar-refractivity contribution in [2.45, 2.75) is 52.1 Å². The molecule has 256 valence electrons. The van der Waals surface area contributed by atoms with Gasteiger partial charge in [0, 0.05) is 30.1 Å². The topological polar surface area (TPSA) is 129 Å². The molecular weight excluding hydrogens is 672 g/mol. The SMILES string of the molecule is CCOC(=O)c1oc2ccc(S(=O)(=O)N(CC)c3cc4c(cc3CN(Cc3ccco3)C(=O)c3ccccc3Cl)OCO4)c(CC)c2c1C. The highest BCUT2D eigenvalue weighted by Gasteiger charge is 2.33. The Labute approximate surface area is 288 Å². The number of hydrogen-bond donors (Lipinski definition) is 0. The molecule has 3 aromatic carbocycles. The summed E-state index contributed by atoms with van der Waals surface area (Å²) in [4.78, 5) is 28.2. The van der Waals surface area contributed by atoms with Crippen LogP contribution in [0.2, 0.25) is 5.02 Å². The van der Waals surface area contributed by atoms with E-state index >= 15 is 0 Å². The summed E-state index contributed by atoms with van der Waals surface area (Å²) in [7, 11) is -4.25. The number of amides is 1. The Balaban J connectivity index is 1.47. The number of halogens is 1. The summed E-state index contributed by atoms with van der Waals surface area (Å²) in [5.74, 6) is 0.369. The standard InChI is InChI=1S/C36H35ClN2O9S/c1-5-25-32(15-14-29-33(25)22(4)34(48-29)36(41)44-7-3)49(42,43)39(6-2)28-18-31-30(46-21-47-31)17-23(28)19-38(20-24-11-10-16-45-24)35(40)26-12-8-9-13-27(26)37/h8-18H,5-7,19-21H2,1-4H3. The summed E-state index contributed by atoms with van der Waals surface area (Å²) in [6, 6.07) is 16.6. The third-order valence-electron chi connectivity index (χ3n) is 8.35. The largest absolute Gasteiger partial charge is 0.467 e. The molecule has 11 nitrogen and oxygen atoms in total. The number of esters is 1. The minimum absolute atomic E-state index is 0.0217. The predicted molar refractivity (Wildman–Crippen MR) is 183 cm³/mol. The molecule has 5 aromatic rings. The van der Waals surface area contributed by atoms with Gasteiger partial charge in [-0.05, 0) is 80.8 Å². The number of carbonyl (C=O) groups is 2. The summed E-state index contributed by atoms with van der Waals surface area (Å²) in [5.41, 5.74) is 2.47. The van der Waals surface area contributed by atoms with Crippen LogP contribution in [0.4, 0.5) is 5.69 Å². The molecule has 2 aromatic heterocycles. The molecule has 0 unspecified atom stereocenters. The number of sulfonamides is 1. The molecule has 49 heavy (non-hydrogen) atoms. The smallest absolute Gasteiger partial charge is 0.374 e. The van der Waals surface area contributed by atoms with E-state index in [1.54, 1.807) is 75.4 Å². The van der Waals surface area contributed by atoms with Crippen LogP contribution in [0.5, 0.6) is 11.5 Å². The van der Waals surface area contributed by atoms with Crippen molar-refractivity contribution in [2.24, 2.45) is 0 Å². The van der Waals surface area contributed by atoms with Gasteiger partial charge in [-0.3, -0.25) is 9.10 Å². The van der Waals surface area contributed by atoms with E-state index in [-0.39, 0.29) is 60.2 Å². The Kier molecular flexibility index (Phi) is 9.62. The second-order valence-electron chi connectivity index (χ2n) is 11.3. The predicted octanol–water partition coefficient (Wildman–Crippen LogP) is 7.51. The van der Waals surface area contributed by atoms with Gasteiger partial charge in [-0.15, -0.1) is 0 Å². The third kappa shape index (κ3) is 6.33. The molecule has 0 fully saturated rings. The van der Waals surface area contributed by atoms with Crippen LogP contribution >= 0.6 is 11.6 Å². The zero-order valence-corrected chi connectivity index (χ0v) is 29.0. The number of carbonyl (C=O) groups excluding carboxylic acids is 2. The first-order valence-corrected chi connectivity index (χ1v) is 17.6. The van der Waals surface area contributed by atoms with Crippen LogP contribution in [0.3, 0.4) is 0 Å². The van der Waals surface area contributed by atoms with Crippen molar-refractivity contribution in [1.29, 1.82) is 0 Å². The van der Waals surface area contributed by atoms with Gasteiger partial charge < -0.3 is 27.9 Å². The lowest BCUT2D eigenvalue weighted by atomic mass is 10.0. The number of hydrogen-bond acceptors (Lipinski definition) is 9. The number of aryl methyl sites for hydroxylation is 2. The average molecular weight is 707 g/mol. The Morgan fingerprint density at radius 2 is 1.71 bits per heavy atom. The fourth-order valence-corrected chi connectivity index (χ4v) is 8.13. The molecule has 0 spiro atoms. The second-order valence-corrected chi connectivity index (χ2v) is 13.5. The van der Waals surface area contributed by atoms with E-state index in [9.17, 15) is 18.0 Å². The molecule has 0 aliphatic carbocycles. The number of rotatable bonds is 12. The van der Waals surface area contributed by atoms with E-state index in [0.717, 1.165) is 0 Å². The van der Waals surface area contributed by atoms with Crippen LogP contribution in [0.1, 0.15) is 64.1 Å². The van der Waals surface area contributed by atoms with Crippen molar-refractivity contribution in [2.75, 3.05) is 24.2 Å². The van der Waals surface area contributed by atoms with Crippen LogP contribution < -0.4 is 13.8 Å². The summed E-state index contributed by atoms with van der Waals surface area (Å²) < 4.78 is 58.8. The molecule has 0 bridgehead atoms. The van der Waals surface area contributed by atoms with Gasteiger partial charge in [0.1, 0.15) is 11.3 Å². The Bertz CT molecular complexity index is 2140. The molecule has 1 amide bonds. The normalized spacial score (nSPS) is 12.3. The first kappa shape index (κ1) is 33.9. The van der Waals surface area contributed by atoms with Crippen molar-refractivity contribution in [3.05, 3.63) is 106 Å². The highest BCUT2D eigenvalue weighted by atomic mass is 35.5. The van der Waals surface area contributed by atoms with Crippen molar-refractivity contribution >= 4 is 50.2 Å². The van der Waals surface area contributed by atoms with Crippen LogP contribution in [0, 0.1) is 6.92 Å². The van der Waals surface area contributed by atoms with Crippen LogP contribution in [0.25, 0.3) is 11.0 Å². The van der Waals surface area contributed by atoms with E-state index in [1.165, 1.54) is 21.5 Å². The van der Waals surface area contributed by atoms with E-state index in [1.807, 2.05) is 6.92 Å². The molecule has 6 rings (SSSR count). The van der Waals surface area contributed by atoms with Gasteiger partial charge in [0.25, 0.3) is 15.9 Å². The maximum Gasteiger partial charge on any atom is 0.374 e. The van der Waals surface area contributed by atoms with E-state index in [0.29, 0.717) is 57.0 Å². The van der Waals surface area contributed by atoms with Crippen molar-refractivity contribution in [3.63, 3.8) is 0 Å². The minimum atomic E-state index is -4.25. The molecule has 0 atom stereocenters. The van der Waals surface area contributed by atoms with E-state index < -0.39 is 16.0 Å². The van der Waals surface area contributed by atoms with Gasteiger partial charge >= 0.3 is 5.97 Å². The zero-order valence-electron chi connectivity index (χ0n) is 27.4. The van der Waals surface area contributed by atoms with E-state index in [2.05, 4.69) is 0 Å². The lowest BCUT2D eigenvalue weighted by Crippen LogP contribution is -2.34. The third-order valence-corrected chi connectivity index (χ3v) is 10.7.